The van der Waals surface area contributed by atoms with Crippen LogP contribution in [0.4, 0.5) is 5.82 Å². The monoisotopic (exact) mass is 466 g/mol. The fraction of sp³-hybridized carbons (Fsp3) is 0.280. The number of ether oxygens (including phenoxy) is 1. The van der Waals surface area contributed by atoms with Crippen LogP contribution in [0.25, 0.3) is 10.2 Å². The number of anilines is 1. The van der Waals surface area contributed by atoms with Crippen molar-refractivity contribution in [3.05, 3.63) is 80.9 Å². The second-order valence-corrected chi connectivity index (χ2v) is 9.60. The smallest absolute Gasteiger partial charge is 0.146 e. The van der Waals surface area contributed by atoms with Crippen molar-refractivity contribution in [1.82, 2.24) is 14.9 Å². The van der Waals surface area contributed by atoms with E-state index < -0.39 is 0 Å². The van der Waals surface area contributed by atoms with Crippen molar-refractivity contribution in [2.45, 2.75) is 33.5 Å². The Labute approximate surface area is 198 Å². The Bertz CT molecular complexity index is 1240. The summed E-state index contributed by atoms with van der Waals surface area (Å²) < 4.78 is 5.35. The van der Waals surface area contributed by atoms with Gasteiger partial charge in [0.1, 0.15) is 22.2 Å². The van der Waals surface area contributed by atoms with E-state index >= 15 is 0 Å². The summed E-state index contributed by atoms with van der Waals surface area (Å²) in [5, 5.41) is 5.40. The van der Waals surface area contributed by atoms with Gasteiger partial charge < -0.3 is 10.1 Å². The molecule has 4 aromatic rings. The minimum Gasteiger partial charge on any atom is -0.497 e. The fourth-order valence-corrected chi connectivity index (χ4v) is 4.97. The number of halogens is 1. The number of methoxy groups -OCH3 is 1. The molecule has 0 saturated heterocycles. The lowest BCUT2D eigenvalue weighted by molar-refractivity contribution is 0.311. The lowest BCUT2D eigenvalue weighted by Crippen LogP contribution is -2.19. The van der Waals surface area contributed by atoms with Crippen molar-refractivity contribution < 1.29 is 4.74 Å². The Hall–Kier alpha value is -2.67. The molecule has 0 saturated carbocycles. The third-order valence-electron chi connectivity index (χ3n) is 5.42. The van der Waals surface area contributed by atoms with Crippen molar-refractivity contribution in [2.24, 2.45) is 0 Å². The molecule has 0 bridgehead atoms. The molecule has 0 spiro atoms. The van der Waals surface area contributed by atoms with E-state index in [4.69, 9.17) is 26.3 Å². The highest BCUT2D eigenvalue weighted by Gasteiger charge is 2.16. The van der Waals surface area contributed by atoms with E-state index in [2.05, 4.69) is 43.2 Å². The highest BCUT2D eigenvalue weighted by atomic mass is 35.5. The molecule has 4 rings (SSSR count). The Morgan fingerprint density at radius 2 is 1.81 bits per heavy atom. The molecular formula is C25H27ClN4OS. The van der Waals surface area contributed by atoms with Crippen LogP contribution in [0.1, 0.15) is 27.4 Å². The molecule has 0 fully saturated rings. The lowest BCUT2D eigenvalue weighted by Gasteiger charge is -2.17. The SMILES string of the molecule is COc1cccc(CNc2nc(CN(C)Cc3cccc(Cl)c3)nc3sc(C)c(C)c23)c1. The van der Waals surface area contributed by atoms with Gasteiger partial charge in [-0.05, 0) is 61.9 Å². The molecule has 2 heterocycles. The van der Waals surface area contributed by atoms with Crippen LogP contribution in [0.15, 0.2) is 48.5 Å². The number of nitrogens with one attached hydrogen (secondary N) is 1. The summed E-state index contributed by atoms with van der Waals surface area (Å²) in [6, 6.07) is 16.0. The first-order chi connectivity index (χ1) is 15.4. The number of nitrogens with zero attached hydrogens (tertiary/aromatic N) is 3. The number of hydrogen-bond acceptors (Lipinski definition) is 6. The molecule has 7 heteroatoms. The molecule has 0 aliphatic heterocycles. The van der Waals surface area contributed by atoms with Gasteiger partial charge in [0.25, 0.3) is 0 Å². The summed E-state index contributed by atoms with van der Waals surface area (Å²) in [5.41, 5.74) is 3.54. The van der Waals surface area contributed by atoms with E-state index in [0.717, 1.165) is 44.7 Å². The van der Waals surface area contributed by atoms with Gasteiger partial charge in [0.2, 0.25) is 0 Å². The van der Waals surface area contributed by atoms with Crippen LogP contribution in [0.5, 0.6) is 5.75 Å². The van der Waals surface area contributed by atoms with Crippen LogP contribution in [0, 0.1) is 13.8 Å². The van der Waals surface area contributed by atoms with Crippen LogP contribution in [0.3, 0.4) is 0 Å². The topological polar surface area (TPSA) is 50.3 Å². The highest BCUT2D eigenvalue weighted by molar-refractivity contribution is 7.18. The van der Waals surface area contributed by atoms with Gasteiger partial charge in [0.15, 0.2) is 0 Å². The van der Waals surface area contributed by atoms with Gasteiger partial charge in [-0.15, -0.1) is 11.3 Å². The maximum atomic E-state index is 6.14. The first kappa shape index (κ1) is 22.5. The third-order valence-corrected chi connectivity index (χ3v) is 6.76. The molecule has 1 N–H and O–H groups in total. The van der Waals surface area contributed by atoms with Crippen molar-refractivity contribution in [1.29, 1.82) is 0 Å². The van der Waals surface area contributed by atoms with E-state index in [1.165, 1.54) is 16.0 Å². The van der Waals surface area contributed by atoms with Crippen LogP contribution in [0.2, 0.25) is 5.02 Å². The highest BCUT2D eigenvalue weighted by Crippen LogP contribution is 2.33. The minimum absolute atomic E-state index is 0.645. The van der Waals surface area contributed by atoms with Crippen molar-refractivity contribution in [3.8, 4) is 5.75 Å². The van der Waals surface area contributed by atoms with Gasteiger partial charge in [-0.25, -0.2) is 9.97 Å². The van der Waals surface area contributed by atoms with E-state index in [9.17, 15) is 0 Å². The molecule has 0 radical (unpaired) electrons. The summed E-state index contributed by atoms with van der Waals surface area (Å²) in [4.78, 5) is 14.3. The number of aromatic nitrogens is 2. The predicted octanol–water partition coefficient (Wildman–Crippen LogP) is 6.21. The summed E-state index contributed by atoms with van der Waals surface area (Å²) in [5.74, 6) is 2.53. The van der Waals surface area contributed by atoms with Crippen LogP contribution < -0.4 is 10.1 Å². The molecule has 0 aliphatic rings. The summed E-state index contributed by atoms with van der Waals surface area (Å²) in [7, 11) is 3.76. The first-order valence-electron chi connectivity index (χ1n) is 10.5. The standard InChI is InChI=1S/C25H27ClN4OS/c1-16-17(2)32-25-23(16)24(27-13-18-7-6-10-21(12-18)31-4)28-22(29-25)15-30(3)14-19-8-5-9-20(26)11-19/h5-12H,13-15H2,1-4H3,(H,27,28,29). The molecule has 2 aromatic heterocycles. The van der Waals surface area contributed by atoms with Gasteiger partial charge in [0.05, 0.1) is 19.0 Å². The Balaban J connectivity index is 1.58. The Kier molecular flexibility index (Phi) is 6.94. The van der Waals surface area contributed by atoms with Gasteiger partial charge in [-0.1, -0.05) is 35.9 Å². The maximum Gasteiger partial charge on any atom is 0.146 e. The zero-order valence-electron chi connectivity index (χ0n) is 18.8. The van der Waals surface area contributed by atoms with Crippen LogP contribution in [-0.4, -0.2) is 29.0 Å². The Morgan fingerprint density at radius 1 is 1.03 bits per heavy atom. The molecule has 0 aliphatic carbocycles. The molecule has 5 nitrogen and oxygen atoms in total. The fourth-order valence-electron chi connectivity index (χ4n) is 3.70. The lowest BCUT2D eigenvalue weighted by atomic mass is 10.2. The maximum absolute atomic E-state index is 6.14. The first-order valence-corrected chi connectivity index (χ1v) is 11.7. The van der Waals surface area contributed by atoms with Gasteiger partial charge in [-0.3, -0.25) is 4.90 Å². The quantitative estimate of drug-likeness (QED) is 0.334. The molecule has 0 atom stereocenters. The van der Waals surface area contributed by atoms with Crippen molar-refractivity contribution in [3.63, 3.8) is 0 Å². The van der Waals surface area contributed by atoms with Crippen molar-refractivity contribution >= 4 is 39.0 Å². The van der Waals surface area contributed by atoms with Gasteiger partial charge in [-0.2, -0.15) is 0 Å². The second kappa shape index (κ2) is 9.86. The van der Waals surface area contributed by atoms with Crippen LogP contribution in [-0.2, 0) is 19.6 Å². The molecule has 32 heavy (non-hydrogen) atoms. The summed E-state index contributed by atoms with van der Waals surface area (Å²) in [6.07, 6.45) is 0. The van der Waals surface area contributed by atoms with Gasteiger partial charge in [0, 0.05) is 23.0 Å². The second-order valence-electron chi connectivity index (χ2n) is 7.96. The average molecular weight is 467 g/mol. The Morgan fingerprint density at radius 3 is 2.59 bits per heavy atom. The average Bonchev–Trinajstić information content (AvgIpc) is 3.05. The van der Waals surface area contributed by atoms with E-state index in [0.29, 0.717) is 13.1 Å². The summed E-state index contributed by atoms with van der Waals surface area (Å²) >= 11 is 7.86. The third kappa shape index (κ3) is 5.21. The normalized spacial score (nSPS) is 11.3. The predicted molar refractivity (Wildman–Crippen MR) is 134 cm³/mol. The zero-order valence-corrected chi connectivity index (χ0v) is 20.3. The molecular weight excluding hydrogens is 440 g/mol. The van der Waals surface area contributed by atoms with Crippen LogP contribution >= 0.6 is 22.9 Å². The number of aryl methyl sites for hydroxylation is 2. The minimum atomic E-state index is 0.645. The van der Waals surface area contributed by atoms with Crippen molar-refractivity contribution in [2.75, 3.05) is 19.5 Å². The van der Waals surface area contributed by atoms with E-state index in [1.807, 2.05) is 36.4 Å². The largest absolute Gasteiger partial charge is 0.497 e. The van der Waals surface area contributed by atoms with E-state index in [1.54, 1.807) is 18.4 Å². The number of fused-ring (bicyclic) bond motifs is 1. The molecule has 0 unspecified atom stereocenters. The number of rotatable bonds is 8. The van der Waals surface area contributed by atoms with E-state index in [-0.39, 0.29) is 0 Å². The number of hydrogen-bond donors (Lipinski definition) is 1. The number of thiophene rings is 1. The zero-order chi connectivity index (χ0) is 22.7. The number of benzene rings is 2. The molecule has 0 amide bonds. The summed E-state index contributed by atoms with van der Waals surface area (Å²) in [6.45, 7) is 6.36. The molecule has 2 aromatic carbocycles. The molecule has 166 valence electrons. The van der Waals surface area contributed by atoms with Gasteiger partial charge >= 0.3 is 0 Å².